The van der Waals surface area contributed by atoms with Gasteiger partial charge in [0.15, 0.2) is 0 Å². The summed E-state index contributed by atoms with van der Waals surface area (Å²) >= 11 is 0. The van der Waals surface area contributed by atoms with E-state index in [1.54, 1.807) is 16.8 Å². The number of fused-ring (bicyclic) bond motifs is 1. The second kappa shape index (κ2) is 6.60. The summed E-state index contributed by atoms with van der Waals surface area (Å²) in [5.41, 5.74) is 0.358. The van der Waals surface area contributed by atoms with Crippen molar-refractivity contribution in [3.8, 4) is 0 Å². The summed E-state index contributed by atoms with van der Waals surface area (Å²) < 4.78 is 31.4. The second-order valence-electron chi connectivity index (χ2n) is 8.44. The zero-order chi connectivity index (χ0) is 19.3. The lowest BCUT2D eigenvalue weighted by Gasteiger charge is -2.47. The smallest absolute Gasteiger partial charge is 0.230 e. The van der Waals surface area contributed by atoms with Crippen LogP contribution in [-0.2, 0) is 21.4 Å². The van der Waals surface area contributed by atoms with Crippen molar-refractivity contribution >= 4 is 15.9 Å². The van der Waals surface area contributed by atoms with Crippen LogP contribution in [0.15, 0.2) is 23.0 Å². The van der Waals surface area contributed by atoms with Gasteiger partial charge in [0.05, 0.1) is 24.2 Å². The third-order valence-electron chi connectivity index (χ3n) is 7.10. The minimum atomic E-state index is -3.31. The van der Waals surface area contributed by atoms with E-state index in [0.717, 1.165) is 51.0 Å². The number of sulfonamides is 1. The van der Waals surface area contributed by atoms with Gasteiger partial charge in [0.25, 0.3) is 0 Å². The van der Waals surface area contributed by atoms with Crippen LogP contribution in [0.3, 0.4) is 0 Å². The van der Waals surface area contributed by atoms with Crippen LogP contribution in [0, 0.1) is 10.8 Å². The molecule has 0 N–H and O–H groups in total. The lowest BCUT2D eigenvalue weighted by molar-refractivity contribution is -0.142. The maximum Gasteiger partial charge on any atom is 0.230 e. The topological polar surface area (TPSA) is 74.1 Å². The average molecular weight is 396 g/mol. The summed E-state index contributed by atoms with van der Waals surface area (Å²) in [4.78, 5) is 17.6. The van der Waals surface area contributed by atoms with Crippen LogP contribution >= 0.6 is 0 Å². The van der Waals surface area contributed by atoms with Crippen molar-refractivity contribution in [1.29, 1.82) is 0 Å². The van der Waals surface area contributed by atoms with Crippen LogP contribution in [0.25, 0.3) is 0 Å². The standard InChI is InChI=1S/C19H29N3O4S/c1-3-21-10-7-19(17(21)23)15-22(27(2,24)25)14-18(19)5-8-20(9-6-18)12-16-4-11-26-13-16/h4,11,13H,3,5-10,12,14-15H2,1-2H3. The molecule has 0 aromatic carbocycles. The van der Waals surface area contributed by atoms with Gasteiger partial charge in [-0.3, -0.25) is 9.69 Å². The molecule has 8 heteroatoms. The molecule has 150 valence electrons. The third-order valence-corrected chi connectivity index (χ3v) is 8.29. The number of likely N-dealkylation sites (tertiary alicyclic amines) is 2. The minimum Gasteiger partial charge on any atom is -0.472 e. The molecule has 0 aliphatic carbocycles. The molecule has 1 aromatic heterocycles. The van der Waals surface area contributed by atoms with Crippen molar-refractivity contribution in [2.24, 2.45) is 10.8 Å². The van der Waals surface area contributed by atoms with Crippen molar-refractivity contribution in [2.75, 3.05) is 45.5 Å². The molecule has 3 fully saturated rings. The van der Waals surface area contributed by atoms with E-state index in [1.807, 2.05) is 17.9 Å². The number of carbonyl (C=O) groups excluding carboxylic acids is 1. The third kappa shape index (κ3) is 3.02. The largest absolute Gasteiger partial charge is 0.472 e. The van der Waals surface area contributed by atoms with Gasteiger partial charge in [-0.15, -0.1) is 0 Å². The quantitative estimate of drug-likeness (QED) is 0.770. The fraction of sp³-hybridized carbons (Fsp3) is 0.737. The highest BCUT2D eigenvalue weighted by atomic mass is 32.2. The Balaban J connectivity index is 1.58. The van der Waals surface area contributed by atoms with Gasteiger partial charge in [0.1, 0.15) is 0 Å². The number of amides is 1. The van der Waals surface area contributed by atoms with E-state index in [4.69, 9.17) is 4.42 Å². The molecular weight excluding hydrogens is 366 g/mol. The van der Waals surface area contributed by atoms with Gasteiger partial charge in [-0.25, -0.2) is 12.7 Å². The molecule has 0 radical (unpaired) electrons. The van der Waals surface area contributed by atoms with Crippen LogP contribution in [-0.4, -0.2) is 74.0 Å². The van der Waals surface area contributed by atoms with Crippen molar-refractivity contribution < 1.29 is 17.6 Å². The molecule has 3 aliphatic rings. The highest BCUT2D eigenvalue weighted by Gasteiger charge is 2.66. The number of nitrogens with zero attached hydrogens (tertiary/aromatic N) is 3. The molecule has 0 bridgehead atoms. The van der Waals surface area contributed by atoms with E-state index in [-0.39, 0.29) is 11.3 Å². The van der Waals surface area contributed by atoms with Crippen LogP contribution in [0.2, 0.25) is 0 Å². The van der Waals surface area contributed by atoms with Crippen molar-refractivity contribution in [3.05, 3.63) is 24.2 Å². The van der Waals surface area contributed by atoms with Gasteiger partial charge >= 0.3 is 0 Å². The van der Waals surface area contributed by atoms with Crippen molar-refractivity contribution in [3.63, 3.8) is 0 Å². The second-order valence-corrected chi connectivity index (χ2v) is 10.4. The van der Waals surface area contributed by atoms with Crippen LogP contribution < -0.4 is 0 Å². The molecule has 4 rings (SSSR count). The van der Waals surface area contributed by atoms with E-state index in [2.05, 4.69) is 4.90 Å². The van der Waals surface area contributed by atoms with Gasteiger partial charge in [0, 0.05) is 43.7 Å². The predicted octanol–water partition coefficient (Wildman–Crippen LogP) is 1.38. The van der Waals surface area contributed by atoms with Gasteiger partial charge in [-0.05, 0) is 45.3 Å². The number of rotatable bonds is 4. The first-order valence-electron chi connectivity index (χ1n) is 9.78. The molecule has 1 atom stereocenters. The Bertz CT molecular complexity index is 799. The number of furan rings is 1. The van der Waals surface area contributed by atoms with E-state index in [1.165, 1.54) is 6.26 Å². The molecule has 1 aromatic rings. The minimum absolute atomic E-state index is 0.166. The van der Waals surface area contributed by atoms with E-state index >= 15 is 0 Å². The monoisotopic (exact) mass is 395 g/mol. The Morgan fingerprint density at radius 2 is 1.89 bits per heavy atom. The van der Waals surface area contributed by atoms with Gasteiger partial charge in [-0.2, -0.15) is 0 Å². The average Bonchev–Trinajstić information content (AvgIpc) is 3.32. The Morgan fingerprint density at radius 3 is 2.44 bits per heavy atom. The fourth-order valence-corrected chi connectivity index (χ4v) is 6.38. The van der Waals surface area contributed by atoms with Gasteiger partial charge < -0.3 is 9.32 Å². The first kappa shape index (κ1) is 19.0. The summed E-state index contributed by atoms with van der Waals surface area (Å²) in [6.45, 7) is 6.87. The molecule has 4 heterocycles. The maximum absolute atomic E-state index is 13.3. The van der Waals surface area contributed by atoms with Crippen LogP contribution in [0.5, 0.6) is 0 Å². The van der Waals surface area contributed by atoms with E-state index in [9.17, 15) is 13.2 Å². The van der Waals surface area contributed by atoms with Crippen LogP contribution in [0.1, 0.15) is 31.7 Å². The molecule has 3 saturated heterocycles. The van der Waals surface area contributed by atoms with E-state index in [0.29, 0.717) is 19.6 Å². The van der Waals surface area contributed by atoms with Crippen LogP contribution in [0.4, 0.5) is 0 Å². The lowest BCUT2D eigenvalue weighted by Crippen LogP contribution is -2.52. The van der Waals surface area contributed by atoms with Crippen molar-refractivity contribution in [1.82, 2.24) is 14.1 Å². The molecule has 27 heavy (non-hydrogen) atoms. The Kier molecular flexibility index (Phi) is 4.63. The van der Waals surface area contributed by atoms with Gasteiger partial charge in [-0.1, -0.05) is 0 Å². The van der Waals surface area contributed by atoms with Gasteiger partial charge in [0.2, 0.25) is 15.9 Å². The summed E-state index contributed by atoms with van der Waals surface area (Å²) in [5.74, 6) is 0.166. The molecule has 7 nitrogen and oxygen atoms in total. The molecule has 0 saturated carbocycles. The first-order chi connectivity index (χ1) is 12.8. The fourth-order valence-electron chi connectivity index (χ4n) is 5.44. The number of hydrogen-bond donors (Lipinski definition) is 0. The molecule has 3 aliphatic heterocycles. The normalized spacial score (nSPS) is 29.4. The van der Waals surface area contributed by atoms with Crippen molar-refractivity contribution in [2.45, 2.75) is 32.7 Å². The van der Waals surface area contributed by atoms with E-state index < -0.39 is 15.4 Å². The number of hydrogen-bond acceptors (Lipinski definition) is 5. The number of carbonyl (C=O) groups is 1. The zero-order valence-corrected chi connectivity index (χ0v) is 17.0. The summed E-state index contributed by atoms with van der Waals surface area (Å²) in [6, 6.07) is 1.98. The SMILES string of the molecule is CCN1CCC2(CN(S(C)(=O)=O)CC23CCN(Cc2ccoc2)CC3)C1=O. The highest BCUT2D eigenvalue weighted by Crippen LogP contribution is 2.58. The summed E-state index contributed by atoms with van der Waals surface area (Å²) in [5, 5.41) is 0. The summed E-state index contributed by atoms with van der Waals surface area (Å²) in [6.07, 6.45) is 7.22. The summed E-state index contributed by atoms with van der Waals surface area (Å²) in [7, 11) is -3.31. The highest BCUT2D eigenvalue weighted by molar-refractivity contribution is 7.88. The Morgan fingerprint density at radius 1 is 1.15 bits per heavy atom. The molecule has 1 unspecified atom stereocenters. The molecule has 2 spiro atoms. The first-order valence-corrected chi connectivity index (χ1v) is 11.6. The predicted molar refractivity (Wildman–Crippen MR) is 101 cm³/mol. The Labute approximate surface area is 161 Å². The Hall–Kier alpha value is -1.38. The molecule has 1 amide bonds. The molecular formula is C19H29N3O4S. The zero-order valence-electron chi connectivity index (χ0n) is 16.2. The maximum atomic E-state index is 13.3. The lowest BCUT2D eigenvalue weighted by atomic mass is 9.60. The number of piperidine rings is 1.